The molecule has 14 heteroatoms. The summed E-state index contributed by atoms with van der Waals surface area (Å²) in [4.78, 5) is 47.6. The number of carboxylic acid groups (broad SMARTS) is 2. The van der Waals surface area contributed by atoms with Crippen LogP contribution in [0.2, 0.25) is 0 Å². The number of rotatable bonds is 8. The zero-order valence-electron chi connectivity index (χ0n) is 23.8. The lowest BCUT2D eigenvalue weighted by Gasteiger charge is -2.36. The van der Waals surface area contributed by atoms with Crippen LogP contribution in [0.15, 0.2) is 52.3 Å². The minimum absolute atomic E-state index is 0.00668. The van der Waals surface area contributed by atoms with Gasteiger partial charge in [0.2, 0.25) is 5.91 Å². The lowest BCUT2D eigenvalue weighted by Crippen LogP contribution is -2.43. The largest absolute Gasteiger partial charge is 0.478 e. The van der Waals surface area contributed by atoms with E-state index in [0.717, 1.165) is 54.3 Å². The quantitative estimate of drug-likeness (QED) is 0.321. The molecule has 0 aliphatic carbocycles. The topological polar surface area (TPSA) is 158 Å². The molecule has 1 aromatic carbocycles. The first-order chi connectivity index (χ1) is 20.5. The van der Waals surface area contributed by atoms with Crippen LogP contribution >= 0.6 is 11.8 Å². The molecule has 5 rings (SSSR count). The van der Waals surface area contributed by atoms with E-state index in [2.05, 4.69) is 32.4 Å². The molecule has 1 fully saturated rings. The summed E-state index contributed by atoms with van der Waals surface area (Å²) in [6, 6.07) is 8.86. The van der Waals surface area contributed by atoms with E-state index in [0.29, 0.717) is 48.0 Å². The number of carbonyl (C=O) groups excluding carboxylic acids is 1. The number of halogens is 1. The first-order valence-electron chi connectivity index (χ1n) is 13.6. The first kappa shape index (κ1) is 31.8. The molecule has 0 saturated carbocycles. The molecule has 4 heterocycles. The predicted octanol–water partition coefficient (Wildman–Crippen LogP) is 2.36. The standard InChI is InChI=1S/C25H29FN6O2S.C4H4O4/c1-30(14-17-13-21-25(29-28-17)35-15-22(33)27-21)18-7-10-32(11-8-18)12-9-19-20(26)5-3-16-4-6-23(34)31(2)24(16)19;5-3(6)1-2-4(7)8/h3-6,13,18H,7-12,14-15H2,1-2H3,(H,27,33);1-2H,(H,5,6)(H,7,8). The predicted molar refractivity (Wildman–Crippen MR) is 160 cm³/mol. The van der Waals surface area contributed by atoms with Crippen molar-refractivity contribution in [3.63, 3.8) is 0 Å². The van der Waals surface area contributed by atoms with Crippen LogP contribution in [0.3, 0.4) is 0 Å². The summed E-state index contributed by atoms with van der Waals surface area (Å²) in [5.41, 5.74) is 2.76. The summed E-state index contributed by atoms with van der Waals surface area (Å²) in [5.74, 6) is -2.40. The normalized spacial score (nSPS) is 15.7. The van der Waals surface area contributed by atoms with Crippen molar-refractivity contribution in [2.24, 2.45) is 7.05 Å². The van der Waals surface area contributed by atoms with Gasteiger partial charge in [-0.3, -0.25) is 14.5 Å². The molecule has 43 heavy (non-hydrogen) atoms. The minimum atomic E-state index is -1.26. The van der Waals surface area contributed by atoms with E-state index in [9.17, 15) is 23.6 Å². The van der Waals surface area contributed by atoms with Gasteiger partial charge in [-0.15, -0.1) is 5.10 Å². The SMILES string of the molecule is CN(Cc1cc2c(nn1)SCC(=O)N2)C1CCN(CCc2c(F)ccc3ccc(=O)n(C)c23)CC1.O=C(O)C=CC(=O)O. The van der Waals surface area contributed by atoms with Crippen LogP contribution < -0.4 is 10.9 Å². The number of benzene rings is 1. The molecule has 0 atom stereocenters. The van der Waals surface area contributed by atoms with E-state index < -0.39 is 11.9 Å². The zero-order valence-corrected chi connectivity index (χ0v) is 24.6. The summed E-state index contributed by atoms with van der Waals surface area (Å²) >= 11 is 1.41. The van der Waals surface area contributed by atoms with Crippen molar-refractivity contribution in [1.29, 1.82) is 0 Å². The summed E-state index contributed by atoms with van der Waals surface area (Å²) in [7, 11) is 3.80. The molecule has 2 aromatic heterocycles. The van der Waals surface area contributed by atoms with E-state index in [1.54, 1.807) is 23.7 Å². The maximum atomic E-state index is 14.7. The van der Waals surface area contributed by atoms with Gasteiger partial charge in [-0.05, 0) is 69.1 Å². The molecule has 1 saturated heterocycles. The second-order valence-corrected chi connectivity index (χ2v) is 11.3. The number of pyridine rings is 1. The van der Waals surface area contributed by atoms with Gasteiger partial charge in [0.05, 0.1) is 22.7 Å². The molecular formula is C29H33FN6O6S. The van der Waals surface area contributed by atoms with Crippen LogP contribution in [-0.4, -0.2) is 91.1 Å². The van der Waals surface area contributed by atoms with Gasteiger partial charge < -0.3 is 25.0 Å². The van der Waals surface area contributed by atoms with Crippen LogP contribution in [0.4, 0.5) is 10.1 Å². The van der Waals surface area contributed by atoms with Crippen LogP contribution in [0.25, 0.3) is 10.9 Å². The van der Waals surface area contributed by atoms with Crippen molar-refractivity contribution >= 4 is 46.2 Å². The average molecular weight is 613 g/mol. The molecule has 0 radical (unpaired) electrons. The van der Waals surface area contributed by atoms with Crippen LogP contribution in [-0.2, 0) is 34.4 Å². The number of likely N-dealkylation sites (tertiary alicyclic amines) is 1. The molecule has 3 aromatic rings. The highest BCUT2D eigenvalue weighted by molar-refractivity contribution is 8.00. The Morgan fingerprint density at radius 1 is 1.12 bits per heavy atom. The number of fused-ring (bicyclic) bond motifs is 2. The fourth-order valence-electron chi connectivity index (χ4n) is 5.18. The van der Waals surface area contributed by atoms with Gasteiger partial charge >= 0.3 is 11.9 Å². The molecule has 2 aliphatic heterocycles. The number of amides is 1. The maximum Gasteiger partial charge on any atom is 0.328 e. The third-order valence-electron chi connectivity index (χ3n) is 7.39. The van der Waals surface area contributed by atoms with Gasteiger partial charge in [0.15, 0.2) is 0 Å². The van der Waals surface area contributed by atoms with Gasteiger partial charge in [0.25, 0.3) is 5.56 Å². The minimum Gasteiger partial charge on any atom is -0.478 e. The average Bonchev–Trinajstić information content (AvgIpc) is 2.98. The highest BCUT2D eigenvalue weighted by atomic mass is 32.2. The Labute approximate surface area is 251 Å². The molecule has 228 valence electrons. The number of aromatic nitrogens is 3. The van der Waals surface area contributed by atoms with Crippen LogP contribution in [0, 0.1) is 5.82 Å². The number of nitrogens with one attached hydrogen (secondary N) is 1. The Bertz CT molecular complexity index is 1590. The number of hydrogen-bond acceptors (Lipinski definition) is 9. The Morgan fingerprint density at radius 3 is 2.47 bits per heavy atom. The van der Waals surface area contributed by atoms with Gasteiger partial charge in [0, 0.05) is 50.0 Å². The van der Waals surface area contributed by atoms with E-state index in [1.807, 2.05) is 6.07 Å². The molecule has 0 bridgehead atoms. The molecule has 0 unspecified atom stereocenters. The summed E-state index contributed by atoms with van der Waals surface area (Å²) in [6.45, 7) is 3.29. The second kappa shape index (κ2) is 14.4. The van der Waals surface area contributed by atoms with E-state index in [1.165, 1.54) is 23.9 Å². The Balaban J connectivity index is 0.000000467. The van der Waals surface area contributed by atoms with E-state index in [-0.39, 0.29) is 17.3 Å². The third-order valence-corrected chi connectivity index (χ3v) is 8.37. The summed E-state index contributed by atoms with van der Waals surface area (Å²) in [5, 5.41) is 28.8. The van der Waals surface area contributed by atoms with Crippen molar-refractivity contribution in [2.75, 3.05) is 37.8 Å². The van der Waals surface area contributed by atoms with Crippen molar-refractivity contribution in [3.8, 4) is 0 Å². The number of aliphatic carboxylic acids is 2. The van der Waals surface area contributed by atoms with E-state index in [4.69, 9.17) is 10.2 Å². The van der Waals surface area contributed by atoms with Crippen LogP contribution in [0.1, 0.15) is 24.1 Å². The molecule has 2 aliphatic rings. The van der Waals surface area contributed by atoms with Gasteiger partial charge in [-0.2, -0.15) is 5.10 Å². The fourth-order valence-corrected chi connectivity index (χ4v) is 5.88. The summed E-state index contributed by atoms with van der Waals surface area (Å²) < 4.78 is 16.3. The first-order valence-corrected chi connectivity index (χ1v) is 14.6. The van der Waals surface area contributed by atoms with E-state index >= 15 is 0 Å². The Hall–Kier alpha value is -4.14. The van der Waals surface area contributed by atoms with Crippen molar-refractivity contribution in [3.05, 3.63) is 69.9 Å². The van der Waals surface area contributed by atoms with Crippen molar-refractivity contribution in [2.45, 2.75) is 36.9 Å². The number of anilines is 1. The number of piperidine rings is 1. The van der Waals surface area contributed by atoms with Gasteiger partial charge in [-0.1, -0.05) is 11.8 Å². The monoisotopic (exact) mass is 612 g/mol. The fraction of sp³-hybridized carbons (Fsp3) is 0.379. The molecule has 1 amide bonds. The van der Waals surface area contributed by atoms with Crippen LogP contribution in [0.5, 0.6) is 0 Å². The maximum absolute atomic E-state index is 14.7. The highest BCUT2D eigenvalue weighted by Gasteiger charge is 2.24. The smallest absolute Gasteiger partial charge is 0.328 e. The molecule has 12 nitrogen and oxygen atoms in total. The third kappa shape index (κ3) is 8.46. The van der Waals surface area contributed by atoms with Crippen molar-refractivity contribution in [1.82, 2.24) is 24.6 Å². The lowest BCUT2D eigenvalue weighted by atomic mass is 10.0. The molecule has 3 N–H and O–H groups in total. The number of aryl methyl sites for hydroxylation is 1. The summed E-state index contributed by atoms with van der Waals surface area (Å²) in [6.07, 6.45) is 3.70. The number of thioether (sulfide) groups is 1. The number of carbonyl (C=O) groups is 3. The van der Waals surface area contributed by atoms with Gasteiger partial charge in [0.1, 0.15) is 10.8 Å². The second-order valence-electron chi connectivity index (χ2n) is 10.3. The lowest BCUT2D eigenvalue weighted by molar-refractivity contribution is -0.134. The molecular weight excluding hydrogens is 579 g/mol. The number of nitrogens with zero attached hydrogens (tertiary/aromatic N) is 5. The Kier molecular flexibility index (Phi) is 10.6. The number of carboxylic acids is 2. The zero-order chi connectivity index (χ0) is 31.1. The Morgan fingerprint density at radius 2 is 1.79 bits per heavy atom. The molecule has 0 spiro atoms. The van der Waals surface area contributed by atoms with Gasteiger partial charge in [-0.25, -0.2) is 14.0 Å². The number of hydrogen-bond donors (Lipinski definition) is 3. The highest BCUT2D eigenvalue weighted by Crippen LogP contribution is 2.29. The van der Waals surface area contributed by atoms with Crippen molar-refractivity contribution < 1.29 is 29.0 Å².